The molecule has 2 N–H and O–H groups in total. The van der Waals surface area contributed by atoms with E-state index in [-0.39, 0.29) is 17.1 Å². The summed E-state index contributed by atoms with van der Waals surface area (Å²) in [5.74, 6) is -0.936. The van der Waals surface area contributed by atoms with Crippen LogP contribution in [0.5, 0.6) is 0 Å². The lowest BCUT2D eigenvalue weighted by atomic mass is 10.4. The largest absolute Gasteiger partial charge is 0.478 e. The van der Waals surface area contributed by atoms with Crippen LogP contribution < -0.4 is 5.56 Å². The van der Waals surface area contributed by atoms with Crippen molar-refractivity contribution in [3.05, 3.63) is 40.6 Å². The first-order chi connectivity index (χ1) is 12.6. The fourth-order valence-electron chi connectivity index (χ4n) is 2.53. The van der Waals surface area contributed by atoms with Crippen LogP contribution in [0.2, 0.25) is 0 Å². The lowest BCUT2D eigenvalue weighted by molar-refractivity contribution is 0.0681. The summed E-state index contributed by atoms with van der Waals surface area (Å²) in [7, 11) is 1.62. The number of fused-ring (bicyclic) bond motifs is 1. The summed E-state index contributed by atoms with van der Waals surface area (Å²) in [4.78, 5) is 30.4. The molecular weight excluding hydrogens is 342 g/mol. The van der Waals surface area contributed by atoms with Crippen molar-refractivity contribution in [2.24, 2.45) is 0 Å². The molecule has 0 aromatic carbocycles. The van der Waals surface area contributed by atoms with Crippen molar-refractivity contribution in [3.63, 3.8) is 0 Å². The molecule has 0 unspecified atom stereocenters. The molecule has 0 saturated carbocycles. The molecule has 0 aliphatic carbocycles. The van der Waals surface area contributed by atoms with Gasteiger partial charge >= 0.3 is 5.97 Å². The highest BCUT2D eigenvalue weighted by atomic mass is 16.5. The number of H-pyrrole nitrogens is 1. The molecule has 10 heteroatoms. The summed E-state index contributed by atoms with van der Waals surface area (Å²) >= 11 is 0. The van der Waals surface area contributed by atoms with Crippen molar-refractivity contribution in [2.75, 3.05) is 26.9 Å². The van der Waals surface area contributed by atoms with Crippen LogP contribution in [0.25, 0.3) is 17.0 Å². The van der Waals surface area contributed by atoms with Crippen molar-refractivity contribution in [1.82, 2.24) is 24.3 Å². The number of aromatic nitrogens is 5. The van der Waals surface area contributed by atoms with Crippen LogP contribution in [-0.4, -0.2) is 62.3 Å². The van der Waals surface area contributed by atoms with Gasteiger partial charge in [0.2, 0.25) is 5.95 Å². The normalized spacial score (nSPS) is 11.3. The summed E-state index contributed by atoms with van der Waals surface area (Å²) < 4.78 is 13.4. The fourth-order valence-corrected chi connectivity index (χ4v) is 2.53. The van der Waals surface area contributed by atoms with E-state index in [9.17, 15) is 9.59 Å². The van der Waals surface area contributed by atoms with E-state index in [4.69, 9.17) is 14.6 Å². The zero-order valence-electron chi connectivity index (χ0n) is 14.2. The van der Waals surface area contributed by atoms with Crippen molar-refractivity contribution < 1.29 is 19.4 Å². The number of methoxy groups -OCH3 is 1. The van der Waals surface area contributed by atoms with Crippen molar-refractivity contribution in [3.8, 4) is 5.95 Å². The highest BCUT2D eigenvalue weighted by molar-refractivity contribution is 5.87. The Morgan fingerprint density at radius 3 is 2.92 bits per heavy atom. The minimum atomic E-state index is -1.10. The molecule has 0 bridgehead atoms. The molecular formula is C16H19N5O5. The van der Waals surface area contributed by atoms with Crippen LogP contribution in [0, 0.1) is 0 Å². The third kappa shape index (κ3) is 3.81. The number of nitrogens with zero attached hydrogens (tertiary/aromatic N) is 4. The molecule has 3 heterocycles. The third-order valence-corrected chi connectivity index (χ3v) is 3.77. The zero-order chi connectivity index (χ0) is 18.5. The molecule has 10 nitrogen and oxygen atoms in total. The van der Waals surface area contributed by atoms with Gasteiger partial charge in [0.1, 0.15) is 5.52 Å². The van der Waals surface area contributed by atoms with Crippen molar-refractivity contribution in [2.45, 2.75) is 13.0 Å². The maximum Gasteiger partial charge on any atom is 0.338 e. The van der Waals surface area contributed by atoms with Gasteiger partial charge in [-0.2, -0.15) is 5.10 Å². The first-order valence-electron chi connectivity index (χ1n) is 8.04. The summed E-state index contributed by atoms with van der Waals surface area (Å²) in [5, 5.41) is 12.9. The Balaban J connectivity index is 1.76. The highest BCUT2D eigenvalue weighted by Crippen LogP contribution is 2.12. The van der Waals surface area contributed by atoms with Gasteiger partial charge in [-0.3, -0.25) is 9.78 Å². The van der Waals surface area contributed by atoms with Gasteiger partial charge < -0.3 is 19.1 Å². The molecule has 0 saturated heterocycles. The number of hydrogen-bond acceptors (Lipinski definition) is 6. The Hall–Kier alpha value is -2.98. The van der Waals surface area contributed by atoms with E-state index in [0.29, 0.717) is 37.4 Å². The van der Waals surface area contributed by atoms with E-state index >= 15 is 0 Å². The smallest absolute Gasteiger partial charge is 0.338 e. The van der Waals surface area contributed by atoms with E-state index in [1.165, 1.54) is 17.1 Å². The minimum absolute atomic E-state index is 0.0128. The molecule has 138 valence electrons. The molecule has 0 aliphatic heterocycles. The van der Waals surface area contributed by atoms with E-state index in [0.717, 1.165) is 6.42 Å². The standard InChI is InChI=1S/C16H19N5O5/c1-25-7-8-26-6-2-4-20-5-3-12-13(20)14(22)19-16(18-12)21-10-11(9-17-21)15(23)24/h3,5,9-10H,2,4,6-8H2,1H3,(H,23,24)(H,18,19,22). The SMILES string of the molecule is COCCOCCCn1ccc2nc(-n3cc(C(=O)O)cn3)[nH]c(=O)c21. The molecule has 0 spiro atoms. The van der Waals surface area contributed by atoms with Gasteiger partial charge in [0.05, 0.1) is 30.5 Å². The van der Waals surface area contributed by atoms with Crippen LogP contribution >= 0.6 is 0 Å². The number of aromatic carboxylic acids is 1. The van der Waals surface area contributed by atoms with Gasteiger partial charge in [0.25, 0.3) is 5.56 Å². The molecule has 3 rings (SSSR count). The Labute approximate surface area is 148 Å². The topological polar surface area (TPSA) is 124 Å². The lowest BCUT2D eigenvalue weighted by Gasteiger charge is -2.06. The summed E-state index contributed by atoms with van der Waals surface area (Å²) in [6.07, 6.45) is 5.02. The van der Waals surface area contributed by atoms with Gasteiger partial charge in [-0.05, 0) is 12.5 Å². The Morgan fingerprint density at radius 1 is 1.35 bits per heavy atom. The molecule has 0 atom stereocenters. The van der Waals surface area contributed by atoms with E-state index < -0.39 is 5.97 Å². The van der Waals surface area contributed by atoms with Crippen LogP contribution in [0.3, 0.4) is 0 Å². The average Bonchev–Trinajstić information content (AvgIpc) is 3.25. The van der Waals surface area contributed by atoms with Crippen LogP contribution in [-0.2, 0) is 16.0 Å². The number of hydrogen-bond donors (Lipinski definition) is 2. The number of ether oxygens (including phenoxy) is 2. The third-order valence-electron chi connectivity index (χ3n) is 3.77. The van der Waals surface area contributed by atoms with Crippen molar-refractivity contribution >= 4 is 17.0 Å². The number of aryl methyl sites for hydroxylation is 1. The Bertz CT molecular complexity index is 957. The maximum absolute atomic E-state index is 12.4. The van der Waals surface area contributed by atoms with E-state index in [1.807, 2.05) is 4.57 Å². The fraction of sp³-hybridized carbons (Fsp3) is 0.375. The quantitative estimate of drug-likeness (QED) is 0.537. The summed E-state index contributed by atoms with van der Waals surface area (Å²) in [6, 6.07) is 1.74. The number of aromatic amines is 1. The second kappa shape index (κ2) is 7.93. The number of carboxylic acids is 1. The van der Waals surface area contributed by atoms with Crippen molar-refractivity contribution in [1.29, 1.82) is 0 Å². The number of carboxylic acid groups (broad SMARTS) is 1. The van der Waals surface area contributed by atoms with E-state index in [1.54, 1.807) is 19.4 Å². The highest BCUT2D eigenvalue weighted by Gasteiger charge is 2.12. The van der Waals surface area contributed by atoms with Crippen LogP contribution in [0.4, 0.5) is 0 Å². The van der Waals surface area contributed by atoms with Crippen LogP contribution in [0.15, 0.2) is 29.5 Å². The Kier molecular flexibility index (Phi) is 5.44. The van der Waals surface area contributed by atoms with Crippen LogP contribution in [0.1, 0.15) is 16.8 Å². The summed E-state index contributed by atoms with van der Waals surface area (Å²) in [6.45, 7) is 2.27. The first kappa shape index (κ1) is 17.8. The zero-order valence-corrected chi connectivity index (χ0v) is 14.2. The monoisotopic (exact) mass is 361 g/mol. The number of carbonyl (C=O) groups is 1. The predicted octanol–water partition coefficient (Wildman–Crippen LogP) is 0.662. The van der Waals surface area contributed by atoms with Gasteiger partial charge in [-0.1, -0.05) is 0 Å². The van der Waals surface area contributed by atoms with Gasteiger partial charge in [0, 0.05) is 32.7 Å². The Morgan fingerprint density at radius 2 is 2.19 bits per heavy atom. The molecule has 0 aliphatic rings. The number of rotatable bonds is 9. The predicted molar refractivity (Wildman–Crippen MR) is 91.7 cm³/mol. The van der Waals surface area contributed by atoms with Gasteiger partial charge in [0.15, 0.2) is 0 Å². The first-order valence-corrected chi connectivity index (χ1v) is 8.04. The molecule has 26 heavy (non-hydrogen) atoms. The number of nitrogens with one attached hydrogen (secondary N) is 1. The van der Waals surface area contributed by atoms with E-state index in [2.05, 4.69) is 15.1 Å². The molecule has 0 radical (unpaired) electrons. The molecule has 0 amide bonds. The average molecular weight is 361 g/mol. The van der Waals surface area contributed by atoms with Gasteiger partial charge in [-0.25, -0.2) is 14.5 Å². The second-order valence-corrected chi connectivity index (χ2v) is 5.57. The molecule has 3 aromatic rings. The summed E-state index contributed by atoms with van der Waals surface area (Å²) in [5.41, 5.74) is 0.661. The second-order valence-electron chi connectivity index (χ2n) is 5.57. The molecule has 0 fully saturated rings. The molecule has 3 aromatic heterocycles. The minimum Gasteiger partial charge on any atom is -0.478 e. The van der Waals surface area contributed by atoms with Gasteiger partial charge in [-0.15, -0.1) is 0 Å². The maximum atomic E-state index is 12.4. The lowest BCUT2D eigenvalue weighted by Crippen LogP contribution is -2.16.